The van der Waals surface area contributed by atoms with Gasteiger partial charge in [-0.15, -0.1) is 0 Å². The molecule has 0 aliphatic rings. The number of hydrogen-bond acceptors (Lipinski definition) is 2. The third-order valence-corrected chi connectivity index (χ3v) is 2.98. The molecule has 0 fully saturated rings. The number of nitrogens with one attached hydrogen (secondary N) is 2. The molecule has 0 spiro atoms. The van der Waals surface area contributed by atoms with E-state index in [-0.39, 0.29) is 5.82 Å². The second-order valence-electron chi connectivity index (χ2n) is 3.65. The van der Waals surface area contributed by atoms with Gasteiger partial charge in [-0.1, -0.05) is 19.4 Å². The van der Waals surface area contributed by atoms with Crippen LogP contribution in [-0.2, 0) is 0 Å². The Morgan fingerprint density at radius 2 is 2.33 bits per heavy atom. The minimum absolute atomic E-state index is 0.295. The van der Waals surface area contributed by atoms with E-state index in [1.54, 1.807) is 18.3 Å². The van der Waals surface area contributed by atoms with Crippen molar-refractivity contribution in [2.24, 2.45) is 5.10 Å². The summed E-state index contributed by atoms with van der Waals surface area (Å²) in [6.45, 7) is 2.95. The van der Waals surface area contributed by atoms with Crippen LogP contribution in [0.15, 0.2) is 27.8 Å². The number of hydrazone groups is 1. The third-order valence-electron chi connectivity index (χ3n) is 2.14. The summed E-state index contributed by atoms with van der Waals surface area (Å²) < 4.78 is 13.4. The fourth-order valence-corrected chi connectivity index (χ4v) is 1.73. The van der Waals surface area contributed by atoms with Crippen molar-refractivity contribution >= 4 is 39.5 Å². The number of halogens is 2. The fraction of sp³-hybridized carbons (Fsp3) is 0.333. The predicted octanol–water partition coefficient (Wildman–Crippen LogP) is 3.19. The molecule has 0 aliphatic carbocycles. The minimum Gasteiger partial charge on any atom is -0.361 e. The van der Waals surface area contributed by atoms with Gasteiger partial charge in [-0.25, -0.2) is 4.39 Å². The Hall–Kier alpha value is -1.01. The van der Waals surface area contributed by atoms with Gasteiger partial charge >= 0.3 is 0 Å². The maximum atomic E-state index is 13.0. The van der Waals surface area contributed by atoms with E-state index < -0.39 is 0 Å². The van der Waals surface area contributed by atoms with Gasteiger partial charge in [-0.2, -0.15) is 5.10 Å². The van der Waals surface area contributed by atoms with Gasteiger partial charge in [0, 0.05) is 6.54 Å². The molecule has 0 amide bonds. The van der Waals surface area contributed by atoms with Gasteiger partial charge in [-0.3, -0.25) is 5.43 Å². The van der Waals surface area contributed by atoms with E-state index in [1.807, 2.05) is 0 Å². The van der Waals surface area contributed by atoms with Crippen LogP contribution in [-0.4, -0.2) is 17.9 Å². The van der Waals surface area contributed by atoms with Crippen LogP contribution in [0, 0.1) is 5.82 Å². The van der Waals surface area contributed by atoms with Crippen molar-refractivity contribution in [3.05, 3.63) is 34.1 Å². The quantitative estimate of drug-likeness (QED) is 0.376. The van der Waals surface area contributed by atoms with Crippen molar-refractivity contribution in [2.75, 3.05) is 6.54 Å². The summed E-state index contributed by atoms with van der Waals surface area (Å²) in [5.74, 6) is -0.295. The van der Waals surface area contributed by atoms with Crippen molar-refractivity contribution < 1.29 is 4.39 Å². The van der Waals surface area contributed by atoms with Crippen LogP contribution in [0.2, 0.25) is 0 Å². The van der Waals surface area contributed by atoms with E-state index in [0.717, 1.165) is 24.9 Å². The first-order valence-corrected chi connectivity index (χ1v) is 6.85. The molecular formula is C12H15BrFN3S. The first kappa shape index (κ1) is 15.0. The highest BCUT2D eigenvalue weighted by Crippen LogP contribution is 2.15. The largest absolute Gasteiger partial charge is 0.361 e. The second kappa shape index (κ2) is 8.16. The molecule has 0 atom stereocenters. The lowest BCUT2D eigenvalue weighted by Crippen LogP contribution is -2.32. The Morgan fingerprint density at radius 1 is 1.56 bits per heavy atom. The number of unbranched alkanes of at least 4 members (excludes halogenated alkanes) is 1. The predicted molar refractivity (Wildman–Crippen MR) is 80.3 cm³/mol. The molecule has 2 N–H and O–H groups in total. The fourth-order valence-electron chi connectivity index (χ4n) is 1.18. The van der Waals surface area contributed by atoms with Gasteiger partial charge in [0.15, 0.2) is 5.11 Å². The lowest BCUT2D eigenvalue weighted by Gasteiger charge is -2.05. The number of nitrogens with zero attached hydrogens (tertiary/aromatic N) is 1. The van der Waals surface area contributed by atoms with Gasteiger partial charge in [0.2, 0.25) is 0 Å². The Labute approximate surface area is 120 Å². The highest BCUT2D eigenvalue weighted by Gasteiger charge is 1.98. The zero-order chi connectivity index (χ0) is 13.4. The molecule has 98 valence electrons. The standard InChI is InChI=1S/C12H15BrFN3S/c1-2-3-6-15-12(18)17-16-8-9-4-5-11(14)10(13)7-9/h4-5,7-8H,2-3,6H2,1H3,(H2,15,17,18)/b16-8-. The third kappa shape index (κ3) is 5.55. The molecule has 0 heterocycles. The van der Waals surface area contributed by atoms with Gasteiger partial charge in [0.05, 0.1) is 10.7 Å². The molecule has 3 nitrogen and oxygen atoms in total. The lowest BCUT2D eigenvalue weighted by atomic mass is 10.2. The van der Waals surface area contributed by atoms with E-state index in [0.29, 0.717) is 9.59 Å². The average molecular weight is 332 g/mol. The zero-order valence-electron chi connectivity index (χ0n) is 10.0. The topological polar surface area (TPSA) is 36.4 Å². The van der Waals surface area contributed by atoms with Crippen LogP contribution in [0.5, 0.6) is 0 Å². The maximum absolute atomic E-state index is 13.0. The van der Waals surface area contributed by atoms with Crippen LogP contribution in [0.4, 0.5) is 4.39 Å². The van der Waals surface area contributed by atoms with E-state index in [4.69, 9.17) is 12.2 Å². The number of thiocarbonyl (C=S) groups is 1. The minimum atomic E-state index is -0.295. The summed E-state index contributed by atoms with van der Waals surface area (Å²) in [5.41, 5.74) is 3.49. The monoisotopic (exact) mass is 331 g/mol. The summed E-state index contributed by atoms with van der Waals surface area (Å²) in [6.07, 6.45) is 3.76. The van der Waals surface area contributed by atoms with Crippen molar-refractivity contribution in [1.29, 1.82) is 0 Å². The number of hydrogen-bond donors (Lipinski definition) is 2. The normalized spacial score (nSPS) is 10.6. The first-order valence-electron chi connectivity index (χ1n) is 5.65. The Morgan fingerprint density at radius 3 is 3.00 bits per heavy atom. The highest BCUT2D eigenvalue weighted by molar-refractivity contribution is 9.10. The average Bonchev–Trinajstić information content (AvgIpc) is 2.34. The summed E-state index contributed by atoms with van der Waals surface area (Å²) >= 11 is 8.14. The Kier molecular flexibility index (Phi) is 6.82. The van der Waals surface area contributed by atoms with Crippen LogP contribution in [0.1, 0.15) is 25.3 Å². The summed E-state index contributed by atoms with van der Waals surface area (Å²) in [7, 11) is 0. The molecule has 18 heavy (non-hydrogen) atoms. The second-order valence-corrected chi connectivity index (χ2v) is 4.92. The van der Waals surface area contributed by atoms with Gasteiger partial charge in [0.25, 0.3) is 0 Å². The van der Waals surface area contributed by atoms with Gasteiger partial charge in [0.1, 0.15) is 5.82 Å². The summed E-state index contributed by atoms with van der Waals surface area (Å²) in [6, 6.07) is 4.66. The number of benzene rings is 1. The summed E-state index contributed by atoms with van der Waals surface area (Å²) in [5, 5.41) is 7.48. The van der Waals surface area contributed by atoms with Crippen LogP contribution < -0.4 is 10.7 Å². The van der Waals surface area contributed by atoms with Gasteiger partial charge in [-0.05, 0) is 52.3 Å². The van der Waals surface area contributed by atoms with Crippen molar-refractivity contribution in [2.45, 2.75) is 19.8 Å². The molecule has 1 aromatic rings. The SMILES string of the molecule is CCCCNC(=S)N/N=C\c1ccc(F)c(Br)c1. The van der Waals surface area contributed by atoms with E-state index >= 15 is 0 Å². The number of rotatable bonds is 5. The zero-order valence-corrected chi connectivity index (χ0v) is 12.4. The van der Waals surface area contributed by atoms with Crippen LogP contribution in [0.3, 0.4) is 0 Å². The van der Waals surface area contributed by atoms with Crippen LogP contribution in [0.25, 0.3) is 0 Å². The van der Waals surface area contributed by atoms with E-state index in [2.05, 4.69) is 38.7 Å². The molecule has 1 rings (SSSR count). The van der Waals surface area contributed by atoms with E-state index in [1.165, 1.54) is 6.07 Å². The smallest absolute Gasteiger partial charge is 0.186 e. The van der Waals surface area contributed by atoms with Crippen LogP contribution >= 0.6 is 28.1 Å². The summed E-state index contributed by atoms with van der Waals surface area (Å²) in [4.78, 5) is 0. The van der Waals surface area contributed by atoms with Gasteiger partial charge < -0.3 is 5.32 Å². The molecule has 6 heteroatoms. The molecule has 0 bridgehead atoms. The molecule has 0 unspecified atom stereocenters. The van der Waals surface area contributed by atoms with E-state index in [9.17, 15) is 4.39 Å². The maximum Gasteiger partial charge on any atom is 0.186 e. The molecule has 0 radical (unpaired) electrons. The molecule has 0 aromatic heterocycles. The molecule has 0 saturated carbocycles. The lowest BCUT2D eigenvalue weighted by molar-refractivity contribution is 0.621. The van der Waals surface area contributed by atoms with Crippen molar-refractivity contribution in [3.63, 3.8) is 0 Å². The highest BCUT2D eigenvalue weighted by atomic mass is 79.9. The molecule has 0 saturated heterocycles. The van der Waals surface area contributed by atoms with Crippen molar-refractivity contribution in [1.82, 2.24) is 10.7 Å². The van der Waals surface area contributed by atoms with Crippen molar-refractivity contribution in [3.8, 4) is 0 Å². The molecule has 1 aromatic carbocycles. The molecule has 0 aliphatic heterocycles. The molecular weight excluding hydrogens is 317 g/mol. The Bertz CT molecular complexity index is 437. The Balaban J connectivity index is 2.40. The first-order chi connectivity index (χ1) is 8.63.